The molecule has 0 aliphatic carbocycles. The molecule has 0 saturated carbocycles. The highest BCUT2D eigenvalue weighted by Crippen LogP contribution is 2.41. The molecule has 0 unspecified atom stereocenters. The van der Waals surface area contributed by atoms with Crippen molar-refractivity contribution < 1.29 is 9.47 Å². The molecule has 3 rings (SSSR count). The van der Waals surface area contributed by atoms with E-state index >= 15 is 0 Å². The Hall–Kier alpha value is -2.26. The van der Waals surface area contributed by atoms with Crippen LogP contribution in [0.15, 0.2) is 61.2 Å². The van der Waals surface area contributed by atoms with E-state index in [-0.39, 0.29) is 5.41 Å². The van der Waals surface area contributed by atoms with Crippen LogP contribution in [0.3, 0.4) is 0 Å². The Morgan fingerprint density at radius 1 is 1.08 bits per heavy atom. The molecule has 1 fully saturated rings. The number of benzene rings is 2. The molecule has 0 N–H and O–H groups in total. The summed E-state index contributed by atoms with van der Waals surface area (Å²) in [6, 6.07) is 17.0. The Labute approximate surface area is 150 Å². The van der Waals surface area contributed by atoms with Gasteiger partial charge in [-0.1, -0.05) is 42.5 Å². The number of nitrogens with zero attached hydrogens (tertiary/aromatic N) is 1. The molecule has 0 spiro atoms. The molecule has 0 aromatic heterocycles. The first-order valence-electron chi connectivity index (χ1n) is 8.80. The van der Waals surface area contributed by atoms with Crippen LogP contribution in [-0.4, -0.2) is 32.2 Å². The van der Waals surface area contributed by atoms with E-state index in [0.29, 0.717) is 0 Å². The van der Waals surface area contributed by atoms with Crippen molar-refractivity contribution in [2.45, 2.75) is 24.8 Å². The zero-order chi connectivity index (χ0) is 17.7. The third kappa shape index (κ3) is 3.72. The van der Waals surface area contributed by atoms with Gasteiger partial charge >= 0.3 is 0 Å². The van der Waals surface area contributed by atoms with Crippen LogP contribution in [-0.2, 0) is 12.0 Å². The first-order valence-corrected chi connectivity index (χ1v) is 8.80. The summed E-state index contributed by atoms with van der Waals surface area (Å²) in [5, 5.41) is 0. The molecule has 1 atom stereocenters. The van der Waals surface area contributed by atoms with Gasteiger partial charge in [-0.25, -0.2) is 0 Å². The average molecular weight is 337 g/mol. The molecular formula is C22H27NO2. The summed E-state index contributed by atoms with van der Waals surface area (Å²) in [5.74, 6) is 1.57. The van der Waals surface area contributed by atoms with Gasteiger partial charge in [0.05, 0.1) is 14.2 Å². The quantitative estimate of drug-likeness (QED) is 0.698. The summed E-state index contributed by atoms with van der Waals surface area (Å²) in [4.78, 5) is 2.54. The van der Waals surface area contributed by atoms with Gasteiger partial charge in [0.25, 0.3) is 0 Å². The maximum atomic E-state index is 5.52. The minimum Gasteiger partial charge on any atom is -0.493 e. The number of likely N-dealkylation sites (tertiary alicyclic amines) is 1. The van der Waals surface area contributed by atoms with E-state index in [0.717, 1.165) is 44.0 Å². The maximum absolute atomic E-state index is 5.52. The van der Waals surface area contributed by atoms with E-state index in [1.54, 1.807) is 14.2 Å². The molecule has 0 amide bonds. The van der Waals surface area contributed by atoms with Gasteiger partial charge in [0.1, 0.15) is 0 Å². The molecule has 1 saturated heterocycles. The fourth-order valence-electron chi connectivity index (χ4n) is 3.90. The van der Waals surface area contributed by atoms with Crippen LogP contribution in [0.5, 0.6) is 11.5 Å². The minimum atomic E-state index is 0.0933. The lowest BCUT2D eigenvalue weighted by molar-refractivity contribution is 0.301. The van der Waals surface area contributed by atoms with Crippen molar-refractivity contribution in [3.63, 3.8) is 0 Å². The van der Waals surface area contributed by atoms with Gasteiger partial charge in [0.2, 0.25) is 0 Å². The molecule has 1 aliphatic rings. The lowest BCUT2D eigenvalue weighted by Gasteiger charge is -2.30. The average Bonchev–Trinajstić information content (AvgIpc) is 3.06. The second kappa shape index (κ2) is 7.75. The fraction of sp³-hybridized carbons (Fsp3) is 0.364. The Bertz CT molecular complexity index is 713. The monoisotopic (exact) mass is 337 g/mol. The number of methoxy groups -OCH3 is 2. The van der Waals surface area contributed by atoms with Gasteiger partial charge in [-0.3, -0.25) is 4.90 Å². The van der Waals surface area contributed by atoms with Crippen LogP contribution in [0.4, 0.5) is 0 Å². The predicted molar refractivity (Wildman–Crippen MR) is 102 cm³/mol. The number of hydrogen-bond donors (Lipinski definition) is 0. The van der Waals surface area contributed by atoms with E-state index in [9.17, 15) is 0 Å². The van der Waals surface area contributed by atoms with Crippen LogP contribution < -0.4 is 9.47 Å². The molecular weight excluding hydrogens is 310 g/mol. The largest absolute Gasteiger partial charge is 0.493 e. The van der Waals surface area contributed by atoms with Crippen molar-refractivity contribution in [3.05, 3.63) is 72.3 Å². The van der Waals surface area contributed by atoms with E-state index < -0.39 is 0 Å². The zero-order valence-corrected chi connectivity index (χ0v) is 15.2. The van der Waals surface area contributed by atoms with Crippen molar-refractivity contribution in [2.24, 2.45) is 0 Å². The van der Waals surface area contributed by atoms with Crippen molar-refractivity contribution >= 4 is 0 Å². The lowest BCUT2D eigenvalue weighted by atomic mass is 9.76. The standard InChI is InChI=1S/C22H27NO2/c1-4-12-22(19-10-11-20(24-2)21(15-19)25-3)13-14-23(17-22)16-18-8-6-5-7-9-18/h4-11,15H,1,12-14,16-17H2,2-3H3/t22-/m1/s1. The Kier molecular flexibility index (Phi) is 5.44. The molecule has 2 aromatic rings. The highest BCUT2D eigenvalue weighted by molar-refractivity contribution is 5.46. The van der Waals surface area contributed by atoms with Crippen molar-refractivity contribution in [3.8, 4) is 11.5 Å². The van der Waals surface area contributed by atoms with Crippen molar-refractivity contribution in [1.82, 2.24) is 4.90 Å². The van der Waals surface area contributed by atoms with Crippen molar-refractivity contribution in [2.75, 3.05) is 27.3 Å². The van der Waals surface area contributed by atoms with Gasteiger partial charge in [-0.15, -0.1) is 6.58 Å². The summed E-state index contributed by atoms with van der Waals surface area (Å²) in [5.41, 5.74) is 2.76. The van der Waals surface area contributed by atoms with Crippen LogP contribution in [0.1, 0.15) is 24.0 Å². The van der Waals surface area contributed by atoms with Crippen LogP contribution in [0, 0.1) is 0 Å². The first kappa shape index (κ1) is 17.6. The first-order chi connectivity index (χ1) is 12.2. The summed E-state index contributed by atoms with van der Waals surface area (Å²) >= 11 is 0. The molecule has 25 heavy (non-hydrogen) atoms. The smallest absolute Gasteiger partial charge is 0.161 e. The van der Waals surface area contributed by atoms with Gasteiger partial charge in [-0.05, 0) is 42.6 Å². The summed E-state index contributed by atoms with van der Waals surface area (Å²) < 4.78 is 10.9. The van der Waals surface area contributed by atoms with Gasteiger partial charge in [0, 0.05) is 18.5 Å². The predicted octanol–water partition coefficient (Wildman–Crippen LogP) is 4.42. The molecule has 2 aromatic carbocycles. The topological polar surface area (TPSA) is 21.7 Å². The van der Waals surface area contributed by atoms with Crippen LogP contribution in [0.25, 0.3) is 0 Å². The molecule has 3 nitrogen and oxygen atoms in total. The fourth-order valence-corrected chi connectivity index (χ4v) is 3.90. The van der Waals surface area contributed by atoms with E-state index in [4.69, 9.17) is 9.47 Å². The SMILES string of the molecule is C=CC[C@@]1(c2ccc(OC)c(OC)c2)CCN(Cc2ccccc2)C1. The summed E-state index contributed by atoms with van der Waals surface area (Å²) in [6.07, 6.45) is 4.14. The third-order valence-electron chi connectivity index (χ3n) is 5.21. The van der Waals surface area contributed by atoms with Crippen molar-refractivity contribution in [1.29, 1.82) is 0 Å². The van der Waals surface area contributed by atoms with E-state index in [1.165, 1.54) is 11.1 Å². The minimum absolute atomic E-state index is 0.0933. The highest BCUT2D eigenvalue weighted by atomic mass is 16.5. The van der Waals surface area contributed by atoms with E-state index in [1.807, 2.05) is 12.1 Å². The number of ether oxygens (including phenoxy) is 2. The normalized spacial score (nSPS) is 20.4. The zero-order valence-electron chi connectivity index (χ0n) is 15.2. The maximum Gasteiger partial charge on any atom is 0.161 e. The van der Waals surface area contributed by atoms with Crippen LogP contribution >= 0.6 is 0 Å². The molecule has 1 aliphatic heterocycles. The molecule has 3 heteroatoms. The summed E-state index contributed by atoms with van der Waals surface area (Å²) in [7, 11) is 3.37. The molecule has 0 radical (unpaired) electrons. The third-order valence-corrected chi connectivity index (χ3v) is 5.21. The van der Waals surface area contributed by atoms with Crippen LogP contribution in [0.2, 0.25) is 0 Å². The molecule has 132 valence electrons. The molecule has 0 bridgehead atoms. The summed E-state index contributed by atoms with van der Waals surface area (Å²) in [6.45, 7) is 7.12. The number of rotatable bonds is 7. The lowest BCUT2D eigenvalue weighted by Crippen LogP contribution is -2.30. The Morgan fingerprint density at radius 2 is 1.84 bits per heavy atom. The number of allylic oxidation sites excluding steroid dienone is 1. The van der Waals surface area contributed by atoms with Gasteiger partial charge < -0.3 is 9.47 Å². The molecule has 1 heterocycles. The highest BCUT2D eigenvalue weighted by Gasteiger charge is 2.39. The second-order valence-corrected chi connectivity index (χ2v) is 6.79. The Balaban J connectivity index is 1.84. The Morgan fingerprint density at radius 3 is 2.52 bits per heavy atom. The van der Waals surface area contributed by atoms with Gasteiger partial charge in [0.15, 0.2) is 11.5 Å². The van der Waals surface area contributed by atoms with E-state index in [2.05, 4.69) is 53.9 Å². The van der Waals surface area contributed by atoms with Gasteiger partial charge in [-0.2, -0.15) is 0 Å². The number of hydrogen-bond acceptors (Lipinski definition) is 3. The second-order valence-electron chi connectivity index (χ2n) is 6.79.